The van der Waals surface area contributed by atoms with Gasteiger partial charge in [-0.15, -0.1) is 11.3 Å². The van der Waals surface area contributed by atoms with Crippen molar-refractivity contribution in [1.82, 2.24) is 9.13 Å². The molecular weight excluding hydrogens is 260 g/mol. The lowest BCUT2D eigenvalue weighted by molar-refractivity contribution is 0.350. The lowest BCUT2D eigenvalue weighted by Crippen LogP contribution is -2.23. The lowest BCUT2D eigenvalue weighted by Gasteiger charge is -1.98. The van der Waals surface area contributed by atoms with Crippen LogP contribution in [0, 0.1) is 11.8 Å². The van der Waals surface area contributed by atoms with Crippen LogP contribution in [0.3, 0.4) is 0 Å². The Balaban J connectivity index is 1.77. The van der Waals surface area contributed by atoms with E-state index in [4.69, 9.17) is 5.11 Å². The molecule has 1 fully saturated rings. The predicted molar refractivity (Wildman–Crippen MR) is 74.3 cm³/mol. The quantitative estimate of drug-likeness (QED) is 0.861. The second kappa shape index (κ2) is 5.08. The summed E-state index contributed by atoms with van der Waals surface area (Å²) in [6, 6.07) is 2.39. The summed E-state index contributed by atoms with van der Waals surface area (Å²) >= 11 is 1.58. The van der Waals surface area contributed by atoms with E-state index >= 15 is 0 Å². The van der Waals surface area contributed by atoms with E-state index in [2.05, 4.69) is 11.8 Å². The lowest BCUT2D eigenvalue weighted by atomic mass is 10.3. The molecule has 0 aliphatic heterocycles. The Labute approximate surface area is 114 Å². The molecule has 98 valence electrons. The fourth-order valence-corrected chi connectivity index (χ4v) is 2.83. The summed E-state index contributed by atoms with van der Waals surface area (Å²) in [5.74, 6) is 5.49. The molecule has 0 spiro atoms. The highest BCUT2D eigenvalue weighted by Crippen LogP contribution is 2.33. The molecule has 3 rings (SSSR count). The maximum absolute atomic E-state index is 12.1. The van der Waals surface area contributed by atoms with Crippen molar-refractivity contribution in [2.45, 2.75) is 25.4 Å². The molecular formula is C14H14N2O2S. The van der Waals surface area contributed by atoms with E-state index < -0.39 is 0 Å². The molecule has 2 heterocycles. The third-order valence-electron chi connectivity index (χ3n) is 3.11. The zero-order valence-electron chi connectivity index (χ0n) is 10.4. The van der Waals surface area contributed by atoms with Gasteiger partial charge in [0.05, 0.1) is 6.54 Å². The van der Waals surface area contributed by atoms with Crippen LogP contribution in [0.1, 0.15) is 29.3 Å². The minimum absolute atomic E-state index is 0.0684. The van der Waals surface area contributed by atoms with E-state index in [9.17, 15) is 4.79 Å². The molecule has 2 aromatic heterocycles. The molecule has 1 aliphatic rings. The van der Waals surface area contributed by atoms with Gasteiger partial charge in [-0.05, 0) is 18.9 Å². The number of rotatable bonds is 3. The van der Waals surface area contributed by atoms with Gasteiger partial charge in [-0.2, -0.15) is 0 Å². The summed E-state index contributed by atoms with van der Waals surface area (Å²) in [4.78, 5) is 13.2. The van der Waals surface area contributed by atoms with Crippen molar-refractivity contribution in [3.05, 3.63) is 44.8 Å². The Kier molecular flexibility index (Phi) is 3.28. The van der Waals surface area contributed by atoms with Gasteiger partial charge in [0.15, 0.2) is 0 Å². The van der Waals surface area contributed by atoms with Crippen molar-refractivity contribution < 1.29 is 5.11 Å². The van der Waals surface area contributed by atoms with Gasteiger partial charge in [0.25, 0.3) is 0 Å². The van der Waals surface area contributed by atoms with E-state index in [0.717, 1.165) is 23.3 Å². The van der Waals surface area contributed by atoms with Gasteiger partial charge in [0, 0.05) is 34.3 Å². The van der Waals surface area contributed by atoms with Crippen molar-refractivity contribution >= 4 is 11.3 Å². The Morgan fingerprint density at radius 2 is 2.26 bits per heavy atom. The fourth-order valence-electron chi connectivity index (χ4n) is 2.02. The van der Waals surface area contributed by atoms with E-state index in [-0.39, 0.29) is 12.3 Å². The number of thiophene rings is 1. The molecule has 5 heteroatoms. The molecule has 0 amide bonds. The van der Waals surface area contributed by atoms with Gasteiger partial charge in [0.2, 0.25) is 0 Å². The minimum atomic E-state index is -0.130. The number of hydrogen-bond donors (Lipinski definition) is 1. The molecule has 0 saturated heterocycles. The van der Waals surface area contributed by atoms with E-state index in [0.29, 0.717) is 12.6 Å². The van der Waals surface area contributed by atoms with Crippen LogP contribution in [0.4, 0.5) is 0 Å². The third kappa shape index (κ3) is 2.65. The monoisotopic (exact) mass is 274 g/mol. The van der Waals surface area contributed by atoms with Crippen LogP contribution in [0.25, 0.3) is 0 Å². The number of imidazole rings is 1. The van der Waals surface area contributed by atoms with Gasteiger partial charge in [-0.1, -0.05) is 11.8 Å². The van der Waals surface area contributed by atoms with Gasteiger partial charge >= 0.3 is 5.69 Å². The van der Waals surface area contributed by atoms with Crippen molar-refractivity contribution in [2.75, 3.05) is 6.61 Å². The minimum Gasteiger partial charge on any atom is -0.384 e. The number of nitrogens with zero attached hydrogens (tertiary/aromatic N) is 2. The van der Waals surface area contributed by atoms with Gasteiger partial charge < -0.3 is 5.11 Å². The average Bonchev–Trinajstić information content (AvgIpc) is 3.05. The molecule has 2 aromatic rings. The second-order valence-corrected chi connectivity index (χ2v) is 5.60. The van der Waals surface area contributed by atoms with Crippen LogP contribution in [-0.2, 0) is 6.54 Å². The maximum Gasteiger partial charge on any atom is 0.328 e. The van der Waals surface area contributed by atoms with Crippen molar-refractivity contribution in [1.29, 1.82) is 0 Å². The first-order valence-corrected chi connectivity index (χ1v) is 7.10. The molecule has 0 bridgehead atoms. The summed E-state index contributed by atoms with van der Waals surface area (Å²) < 4.78 is 3.55. The summed E-state index contributed by atoms with van der Waals surface area (Å²) in [6.07, 6.45) is 5.95. The standard InChI is InChI=1S/C14H14N2O2S/c17-7-1-2-11-8-13(19-10-11)9-15-5-6-16(14(15)18)12-3-4-12/h5-6,8,10,12,17H,3-4,7,9H2. The van der Waals surface area contributed by atoms with Gasteiger partial charge in [-0.25, -0.2) is 4.79 Å². The Morgan fingerprint density at radius 1 is 1.42 bits per heavy atom. The highest BCUT2D eigenvalue weighted by molar-refractivity contribution is 7.10. The molecule has 0 aromatic carbocycles. The Hall–Kier alpha value is -1.77. The molecule has 19 heavy (non-hydrogen) atoms. The summed E-state index contributed by atoms with van der Waals surface area (Å²) in [5.41, 5.74) is 0.961. The predicted octanol–water partition coefficient (Wildman–Crippen LogP) is 1.44. The van der Waals surface area contributed by atoms with Crippen LogP contribution in [0.15, 0.2) is 28.6 Å². The van der Waals surface area contributed by atoms with Gasteiger partial charge in [0.1, 0.15) is 6.61 Å². The number of aromatic nitrogens is 2. The van der Waals surface area contributed by atoms with Crippen LogP contribution >= 0.6 is 11.3 Å². The number of hydrogen-bond acceptors (Lipinski definition) is 3. The number of aliphatic hydroxyl groups excluding tert-OH is 1. The van der Waals surface area contributed by atoms with Crippen LogP contribution in [-0.4, -0.2) is 20.8 Å². The second-order valence-electron chi connectivity index (χ2n) is 4.61. The van der Waals surface area contributed by atoms with Crippen LogP contribution in [0.5, 0.6) is 0 Å². The van der Waals surface area contributed by atoms with E-state index in [1.165, 1.54) is 0 Å². The van der Waals surface area contributed by atoms with Crippen LogP contribution in [0.2, 0.25) is 0 Å². The molecule has 1 saturated carbocycles. The highest BCUT2D eigenvalue weighted by atomic mass is 32.1. The summed E-state index contributed by atoms with van der Waals surface area (Å²) in [7, 11) is 0. The molecule has 4 nitrogen and oxygen atoms in total. The molecule has 0 atom stereocenters. The molecule has 0 radical (unpaired) electrons. The van der Waals surface area contributed by atoms with Gasteiger partial charge in [-0.3, -0.25) is 9.13 Å². The first-order valence-electron chi connectivity index (χ1n) is 6.22. The SMILES string of the molecule is O=c1n(Cc2cc(C#CCO)cs2)ccn1C1CC1. The first kappa shape index (κ1) is 12.3. The first-order chi connectivity index (χ1) is 9.28. The Morgan fingerprint density at radius 3 is 3.00 bits per heavy atom. The normalized spacial score (nSPS) is 14.2. The van der Waals surface area contributed by atoms with Crippen molar-refractivity contribution in [3.63, 3.8) is 0 Å². The maximum atomic E-state index is 12.1. The van der Waals surface area contributed by atoms with E-state index in [1.807, 2.05) is 28.4 Å². The highest BCUT2D eigenvalue weighted by Gasteiger charge is 2.25. The van der Waals surface area contributed by atoms with Crippen molar-refractivity contribution in [2.24, 2.45) is 0 Å². The Bertz CT molecular complexity index is 695. The summed E-state index contributed by atoms with van der Waals surface area (Å²) in [6.45, 7) is 0.457. The smallest absolute Gasteiger partial charge is 0.328 e. The average molecular weight is 274 g/mol. The topological polar surface area (TPSA) is 47.2 Å². The van der Waals surface area contributed by atoms with Crippen molar-refractivity contribution in [3.8, 4) is 11.8 Å². The molecule has 0 unspecified atom stereocenters. The fraction of sp³-hybridized carbons (Fsp3) is 0.357. The zero-order chi connectivity index (χ0) is 13.2. The summed E-state index contributed by atoms with van der Waals surface area (Å²) in [5, 5.41) is 10.6. The number of aliphatic hydroxyl groups is 1. The third-order valence-corrected chi connectivity index (χ3v) is 4.03. The van der Waals surface area contributed by atoms with E-state index in [1.54, 1.807) is 15.9 Å². The van der Waals surface area contributed by atoms with Crippen LogP contribution < -0.4 is 5.69 Å². The molecule has 1 aliphatic carbocycles. The molecule has 1 N–H and O–H groups in total. The largest absolute Gasteiger partial charge is 0.384 e. The zero-order valence-corrected chi connectivity index (χ0v) is 11.2.